The number of hydrogen-bond donors (Lipinski definition) is 2. The first kappa shape index (κ1) is 14.1. The number of fused-ring (bicyclic) bond motifs is 2. The van der Waals surface area contributed by atoms with Gasteiger partial charge in [-0.3, -0.25) is 9.78 Å². The van der Waals surface area contributed by atoms with Gasteiger partial charge >= 0.3 is 5.97 Å². The summed E-state index contributed by atoms with van der Waals surface area (Å²) in [4.78, 5) is 30.4. The standard InChI is InChI=1S/C17H12N4O3/c1-9-3-2-4-12-11(9)5-10(7-18-12)14-8-21-15(16(22)19-14)6-13(20-21)17(23)24/h2-8H,1H3,(H,19,22)(H,23,24). The zero-order chi connectivity index (χ0) is 16.8. The van der Waals surface area contributed by atoms with Crippen LogP contribution in [0.25, 0.3) is 27.7 Å². The van der Waals surface area contributed by atoms with Crippen LogP contribution in [0.1, 0.15) is 16.1 Å². The van der Waals surface area contributed by atoms with Gasteiger partial charge in [-0.2, -0.15) is 5.10 Å². The van der Waals surface area contributed by atoms with Gasteiger partial charge in [0.05, 0.1) is 17.4 Å². The van der Waals surface area contributed by atoms with Crippen molar-refractivity contribution in [3.8, 4) is 11.3 Å². The van der Waals surface area contributed by atoms with Crippen LogP contribution in [0.15, 0.2) is 47.5 Å². The molecule has 0 aliphatic rings. The maximum absolute atomic E-state index is 12.2. The van der Waals surface area contributed by atoms with Crippen LogP contribution in [0, 0.1) is 6.92 Å². The van der Waals surface area contributed by atoms with E-state index in [0.29, 0.717) is 5.69 Å². The molecule has 0 amide bonds. The first-order valence-electron chi connectivity index (χ1n) is 7.25. The Morgan fingerprint density at radius 3 is 2.92 bits per heavy atom. The summed E-state index contributed by atoms with van der Waals surface area (Å²) in [6, 6.07) is 9.04. The maximum atomic E-state index is 12.2. The molecule has 0 aliphatic carbocycles. The number of carboxylic acids is 1. The molecule has 7 heteroatoms. The second-order valence-electron chi connectivity index (χ2n) is 5.53. The van der Waals surface area contributed by atoms with Crippen molar-refractivity contribution in [2.45, 2.75) is 6.92 Å². The van der Waals surface area contributed by atoms with E-state index in [1.165, 1.54) is 10.6 Å². The highest BCUT2D eigenvalue weighted by atomic mass is 16.4. The van der Waals surface area contributed by atoms with Crippen LogP contribution < -0.4 is 5.56 Å². The fourth-order valence-electron chi connectivity index (χ4n) is 2.70. The molecule has 3 heterocycles. The van der Waals surface area contributed by atoms with Gasteiger partial charge in [0.2, 0.25) is 0 Å². The Kier molecular flexibility index (Phi) is 2.96. The summed E-state index contributed by atoms with van der Waals surface area (Å²) in [5, 5.41) is 13.9. The van der Waals surface area contributed by atoms with E-state index < -0.39 is 11.5 Å². The van der Waals surface area contributed by atoms with Crippen LogP contribution in [-0.2, 0) is 0 Å². The molecular weight excluding hydrogens is 308 g/mol. The molecule has 0 bridgehead atoms. The molecule has 118 valence electrons. The number of carboxylic acid groups (broad SMARTS) is 1. The van der Waals surface area contributed by atoms with Gasteiger partial charge in [0.15, 0.2) is 5.69 Å². The van der Waals surface area contributed by atoms with Crippen molar-refractivity contribution in [2.24, 2.45) is 0 Å². The van der Waals surface area contributed by atoms with Crippen LogP contribution in [0.5, 0.6) is 0 Å². The van der Waals surface area contributed by atoms with Crippen LogP contribution in [0.3, 0.4) is 0 Å². The molecule has 4 rings (SSSR count). The second-order valence-corrected chi connectivity index (χ2v) is 5.53. The Balaban J connectivity index is 1.94. The van der Waals surface area contributed by atoms with Crippen LogP contribution in [0.2, 0.25) is 0 Å². The highest BCUT2D eigenvalue weighted by Gasteiger charge is 2.13. The van der Waals surface area contributed by atoms with Gasteiger partial charge in [-0.1, -0.05) is 12.1 Å². The topological polar surface area (TPSA) is 100 Å². The Morgan fingerprint density at radius 1 is 1.29 bits per heavy atom. The molecule has 1 aromatic carbocycles. The number of rotatable bonds is 2. The van der Waals surface area contributed by atoms with Gasteiger partial charge in [0.25, 0.3) is 5.56 Å². The summed E-state index contributed by atoms with van der Waals surface area (Å²) in [7, 11) is 0. The van der Waals surface area contributed by atoms with E-state index in [-0.39, 0.29) is 11.2 Å². The van der Waals surface area contributed by atoms with Crippen molar-refractivity contribution in [3.63, 3.8) is 0 Å². The highest BCUT2D eigenvalue weighted by molar-refractivity contribution is 5.87. The van der Waals surface area contributed by atoms with Crippen LogP contribution in [0.4, 0.5) is 0 Å². The predicted molar refractivity (Wildman–Crippen MR) is 88.2 cm³/mol. The third-order valence-corrected chi connectivity index (χ3v) is 3.94. The molecule has 0 aliphatic heterocycles. The molecule has 0 radical (unpaired) electrons. The first-order valence-corrected chi connectivity index (χ1v) is 7.25. The number of carbonyl (C=O) groups is 1. The minimum atomic E-state index is -1.18. The average Bonchev–Trinajstić information content (AvgIpc) is 3.00. The normalized spacial score (nSPS) is 11.2. The molecule has 0 unspecified atom stereocenters. The number of H-pyrrole nitrogens is 1. The van der Waals surface area contributed by atoms with Gasteiger partial charge in [0.1, 0.15) is 5.52 Å². The lowest BCUT2D eigenvalue weighted by atomic mass is 10.1. The van der Waals surface area contributed by atoms with E-state index in [9.17, 15) is 9.59 Å². The predicted octanol–water partition coefficient (Wildman–Crippen LogP) is 2.24. The van der Waals surface area contributed by atoms with E-state index in [2.05, 4.69) is 15.1 Å². The third kappa shape index (κ3) is 2.14. The number of nitrogens with zero attached hydrogens (tertiary/aromatic N) is 3. The lowest BCUT2D eigenvalue weighted by molar-refractivity contribution is 0.0690. The van der Waals surface area contributed by atoms with Gasteiger partial charge in [-0.25, -0.2) is 9.31 Å². The Morgan fingerprint density at radius 2 is 2.12 bits per heavy atom. The average molecular weight is 320 g/mol. The number of aryl methyl sites for hydroxylation is 1. The monoisotopic (exact) mass is 320 g/mol. The number of hydrogen-bond acceptors (Lipinski definition) is 4. The zero-order valence-corrected chi connectivity index (χ0v) is 12.6. The zero-order valence-electron chi connectivity index (χ0n) is 12.6. The summed E-state index contributed by atoms with van der Waals surface area (Å²) in [6.45, 7) is 1.99. The molecule has 2 N–H and O–H groups in total. The molecule has 0 fully saturated rings. The number of aromatic amines is 1. The van der Waals surface area contributed by atoms with E-state index in [1.807, 2.05) is 31.2 Å². The van der Waals surface area contributed by atoms with Crippen molar-refractivity contribution in [1.82, 2.24) is 19.6 Å². The number of aromatic nitrogens is 4. The molecular formula is C17H12N4O3. The van der Waals surface area contributed by atoms with E-state index >= 15 is 0 Å². The smallest absolute Gasteiger partial charge is 0.356 e. The van der Waals surface area contributed by atoms with E-state index in [0.717, 1.165) is 22.0 Å². The number of pyridine rings is 1. The minimum absolute atomic E-state index is 0.176. The van der Waals surface area contributed by atoms with Gasteiger partial charge < -0.3 is 10.1 Å². The van der Waals surface area contributed by atoms with Gasteiger partial charge in [0, 0.05) is 23.2 Å². The number of nitrogens with one attached hydrogen (secondary N) is 1. The molecule has 3 aromatic heterocycles. The lowest BCUT2D eigenvalue weighted by Gasteiger charge is -2.06. The molecule has 4 aromatic rings. The van der Waals surface area contributed by atoms with Crippen molar-refractivity contribution >= 4 is 22.4 Å². The van der Waals surface area contributed by atoms with Crippen molar-refractivity contribution in [2.75, 3.05) is 0 Å². The summed E-state index contributed by atoms with van der Waals surface area (Å²) in [5.41, 5.74) is 2.80. The number of aromatic carboxylic acids is 1. The van der Waals surface area contributed by atoms with Crippen molar-refractivity contribution in [1.29, 1.82) is 0 Å². The molecule has 0 atom stereocenters. The van der Waals surface area contributed by atoms with Crippen molar-refractivity contribution in [3.05, 3.63) is 64.3 Å². The van der Waals surface area contributed by atoms with Gasteiger partial charge in [-0.05, 0) is 24.6 Å². The Hall–Kier alpha value is -3.48. The van der Waals surface area contributed by atoms with Crippen LogP contribution in [-0.4, -0.2) is 30.7 Å². The third-order valence-electron chi connectivity index (χ3n) is 3.94. The van der Waals surface area contributed by atoms with E-state index in [1.54, 1.807) is 12.4 Å². The van der Waals surface area contributed by atoms with Gasteiger partial charge in [-0.15, -0.1) is 0 Å². The SMILES string of the molecule is Cc1cccc2ncc(-c3cn4nc(C(=O)O)cc4c(=O)[nH]3)cc12. The molecule has 24 heavy (non-hydrogen) atoms. The summed E-state index contributed by atoms with van der Waals surface area (Å²) in [5.74, 6) is -1.18. The second kappa shape index (κ2) is 5.02. The summed E-state index contributed by atoms with van der Waals surface area (Å²) < 4.78 is 1.28. The number of benzene rings is 1. The fraction of sp³-hybridized carbons (Fsp3) is 0.0588. The van der Waals surface area contributed by atoms with E-state index in [4.69, 9.17) is 5.11 Å². The molecule has 0 saturated heterocycles. The molecule has 0 spiro atoms. The fourth-order valence-corrected chi connectivity index (χ4v) is 2.70. The molecule has 7 nitrogen and oxygen atoms in total. The quantitative estimate of drug-likeness (QED) is 0.590. The summed E-state index contributed by atoms with van der Waals surface area (Å²) >= 11 is 0. The first-order chi connectivity index (χ1) is 11.5. The van der Waals surface area contributed by atoms with Crippen LogP contribution >= 0.6 is 0 Å². The lowest BCUT2D eigenvalue weighted by Crippen LogP contribution is -2.10. The maximum Gasteiger partial charge on any atom is 0.356 e. The highest BCUT2D eigenvalue weighted by Crippen LogP contribution is 2.23. The largest absolute Gasteiger partial charge is 0.476 e. The Bertz CT molecular complexity index is 1170. The summed E-state index contributed by atoms with van der Waals surface area (Å²) in [6.07, 6.45) is 3.25. The minimum Gasteiger partial charge on any atom is -0.476 e. The Labute approximate surface area is 135 Å². The van der Waals surface area contributed by atoms with Crippen molar-refractivity contribution < 1.29 is 9.90 Å². The molecule has 0 saturated carbocycles.